The Balaban J connectivity index is 1.46. The Morgan fingerprint density at radius 2 is 1.67 bits per heavy atom. The summed E-state index contributed by atoms with van der Waals surface area (Å²) >= 11 is 0. The molecule has 4 heterocycles. The van der Waals surface area contributed by atoms with Crippen LogP contribution in [0.1, 0.15) is 132 Å². The molecule has 0 spiro atoms. The third-order valence-electron chi connectivity index (χ3n) is 15.3. The topological polar surface area (TPSA) is 230 Å². The molecular formula is C52H79N5O12. The number of fused-ring (bicyclic) bond motifs is 3. The smallest absolute Gasteiger partial charge is 0.329 e. The summed E-state index contributed by atoms with van der Waals surface area (Å²) in [5.74, 6) is -8.20. The number of allylic oxidation sites excluding steroid dienone is 6. The van der Waals surface area contributed by atoms with Gasteiger partial charge in [0.1, 0.15) is 36.5 Å². The molecule has 0 radical (unpaired) electrons. The fourth-order valence-corrected chi connectivity index (χ4v) is 10.9. The number of hydrogen-bond donors (Lipinski definition) is 3. The maximum absolute atomic E-state index is 14.5. The number of aromatic nitrogens is 4. The lowest BCUT2D eigenvalue weighted by atomic mass is 9.74. The molecule has 384 valence electrons. The molecule has 1 amide bonds. The number of cyclic esters (lactones) is 1. The van der Waals surface area contributed by atoms with Gasteiger partial charge in [0.15, 0.2) is 5.78 Å². The van der Waals surface area contributed by atoms with E-state index in [1.165, 1.54) is 12.0 Å². The SMILES string of the molecule is CO[C@H]1C[C@@H]2CC[C@@H](C)[C@@](O)(O2)C(=O)C(=O)N2CCCCC2C(=O)O[C@H]([C@H](C)CC2CC[C@H](n3cnnn3)[C@H](CO)C2)CC(=O)[C@H](C)/C=C(\C)[C@@H](O)[C@@H](OC)C(=O)[C@H](C)C[C@H](C)/C=C/C=C/C=C/1C. The van der Waals surface area contributed by atoms with Crippen LogP contribution in [0, 0.1) is 41.4 Å². The van der Waals surface area contributed by atoms with E-state index in [1.807, 2.05) is 58.1 Å². The summed E-state index contributed by atoms with van der Waals surface area (Å²) in [6.07, 6.45) is 13.8. The van der Waals surface area contributed by atoms with Gasteiger partial charge in [-0.05, 0) is 117 Å². The van der Waals surface area contributed by atoms with Crippen LogP contribution in [0.25, 0.3) is 0 Å². The molecule has 1 saturated carbocycles. The van der Waals surface area contributed by atoms with E-state index in [0.29, 0.717) is 63.4 Å². The van der Waals surface area contributed by atoms with E-state index in [1.54, 1.807) is 45.0 Å². The second-order valence-corrected chi connectivity index (χ2v) is 20.5. The van der Waals surface area contributed by atoms with Crippen molar-refractivity contribution in [3.05, 3.63) is 53.9 Å². The molecule has 15 atom stereocenters. The summed E-state index contributed by atoms with van der Waals surface area (Å²) in [5.41, 5.74) is 1.26. The highest BCUT2D eigenvalue weighted by atomic mass is 16.6. The Labute approximate surface area is 408 Å². The van der Waals surface area contributed by atoms with Gasteiger partial charge in [0.25, 0.3) is 11.7 Å². The third kappa shape index (κ3) is 14.2. The molecule has 1 aromatic heterocycles. The van der Waals surface area contributed by atoms with E-state index >= 15 is 0 Å². The molecule has 2 unspecified atom stereocenters. The van der Waals surface area contributed by atoms with Gasteiger partial charge < -0.3 is 39.2 Å². The van der Waals surface area contributed by atoms with Gasteiger partial charge >= 0.3 is 5.97 Å². The third-order valence-corrected chi connectivity index (χ3v) is 15.3. The number of Topliss-reactive ketones (excluding diaryl/α,β-unsaturated/α-hetero) is 3. The average molecular weight is 966 g/mol. The van der Waals surface area contributed by atoms with Crippen molar-refractivity contribution >= 4 is 29.2 Å². The number of aliphatic hydroxyl groups is 3. The number of ether oxygens (including phenoxy) is 4. The standard InChI is InChI=1S/C52H79N5O12/c1-31-15-11-10-12-16-32(2)44(66-8)27-40-20-18-37(7)52(65,69-40)49(62)50(63)56-22-14-13-17-42(56)51(64)68-45(34(4)25-38-19-21-41(39(26-38)29-58)57-30-53-54-55-57)28-43(59)33(3)24-36(6)47(61)48(67-9)46(60)35(5)23-31/h10-12,15-16,24,30-31,33-35,37-42,44-45,47-48,58,61,65H,13-14,17-23,25-29H2,1-9H3/b12-10+,15-11+,32-16+,36-24+/t31-,33-,34-,35-,37-,38?,39+,40+,41+,42?,44+,45+,47-,48+,52-/m1/s1. The molecule has 5 rings (SSSR count). The minimum absolute atomic E-state index is 0.0121. The van der Waals surface area contributed by atoms with Crippen LogP contribution in [0.15, 0.2) is 53.9 Å². The lowest BCUT2D eigenvalue weighted by molar-refractivity contribution is -0.265. The zero-order chi connectivity index (χ0) is 50.6. The van der Waals surface area contributed by atoms with Crippen LogP contribution < -0.4 is 0 Å². The summed E-state index contributed by atoms with van der Waals surface area (Å²) in [5, 5.41) is 45.5. The number of carbonyl (C=O) groups is 5. The largest absolute Gasteiger partial charge is 0.460 e. The van der Waals surface area contributed by atoms with Crippen LogP contribution in [0.5, 0.6) is 0 Å². The summed E-state index contributed by atoms with van der Waals surface area (Å²) < 4.78 is 25.6. The van der Waals surface area contributed by atoms with Crippen molar-refractivity contribution in [2.75, 3.05) is 27.4 Å². The predicted octanol–water partition coefficient (Wildman–Crippen LogP) is 5.64. The van der Waals surface area contributed by atoms with Crippen molar-refractivity contribution in [2.24, 2.45) is 41.4 Å². The lowest BCUT2D eigenvalue weighted by Gasteiger charge is -2.42. The van der Waals surface area contributed by atoms with Crippen LogP contribution in [0.2, 0.25) is 0 Å². The molecular weight excluding hydrogens is 887 g/mol. The highest BCUT2D eigenvalue weighted by Crippen LogP contribution is 2.41. The number of carbonyl (C=O) groups excluding carboxylic acids is 5. The van der Waals surface area contributed by atoms with Crippen molar-refractivity contribution in [1.29, 1.82) is 0 Å². The molecule has 0 aromatic carbocycles. The minimum Gasteiger partial charge on any atom is -0.460 e. The van der Waals surface area contributed by atoms with Crippen molar-refractivity contribution in [1.82, 2.24) is 25.1 Å². The van der Waals surface area contributed by atoms with E-state index in [0.717, 1.165) is 12.0 Å². The van der Waals surface area contributed by atoms with Gasteiger partial charge in [-0.15, -0.1) is 5.10 Å². The van der Waals surface area contributed by atoms with Crippen LogP contribution in [0.3, 0.4) is 0 Å². The maximum Gasteiger partial charge on any atom is 0.329 e. The highest BCUT2D eigenvalue weighted by molar-refractivity contribution is 6.39. The van der Waals surface area contributed by atoms with Gasteiger partial charge in [0.05, 0.1) is 18.2 Å². The molecule has 69 heavy (non-hydrogen) atoms. The van der Waals surface area contributed by atoms with Gasteiger partial charge in [0, 0.05) is 63.9 Å². The van der Waals surface area contributed by atoms with Gasteiger partial charge in [0.2, 0.25) is 5.79 Å². The van der Waals surface area contributed by atoms with Crippen LogP contribution >= 0.6 is 0 Å². The van der Waals surface area contributed by atoms with E-state index in [2.05, 4.69) is 15.5 Å². The zero-order valence-corrected chi connectivity index (χ0v) is 42.3. The number of piperidine rings is 1. The van der Waals surface area contributed by atoms with E-state index in [9.17, 15) is 39.3 Å². The fraction of sp³-hybridized carbons (Fsp3) is 0.731. The number of hydrogen-bond acceptors (Lipinski definition) is 15. The quantitative estimate of drug-likeness (QED) is 0.171. The van der Waals surface area contributed by atoms with Crippen molar-refractivity contribution in [3.63, 3.8) is 0 Å². The van der Waals surface area contributed by atoms with Crippen LogP contribution in [-0.4, -0.2) is 139 Å². The fourth-order valence-electron chi connectivity index (χ4n) is 10.9. The first-order valence-electron chi connectivity index (χ1n) is 25.1. The molecule has 17 nitrogen and oxygen atoms in total. The zero-order valence-electron chi connectivity index (χ0n) is 42.3. The van der Waals surface area contributed by atoms with E-state index < -0.39 is 77.8 Å². The molecule has 3 N–H and O–H groups in total. The maximum atomic E-state index is 14.5. The first-order chi connectivity index (χ1) is 32.8. The van der Waals surface area contributed by atoms with Gasteiger partial charge in [-0.3, -0.25) is 19.2 Å². The van der Waals surface area contributed by atoms with Gasteiger partial charge in [-0.1, -0.05) is 71.1 Å². The molecule has 1 aliphatic carbocycles. The number of nitrogens with zero attached hydrogens (tertiary/aromatic N) is 5. The second-order valence-electron chi connectivity index (χ2n) is 20.5. The Morgan fingerprint density at radius 1 is 0.913 bits per heavy atom. The average Bonchev–Trinajstić information content (AvgIpc) is 3.88. The molecule has 4 aliphatic rings. The number of rotatable bonds is 7. The Bertz CT molecular complexity index is 2020. The van der Waals surface area contributed by atoms with Gasteiger partial charge in [-0.25, -0.2) is 9.48 Å². The number of ketones is 3. The van der Waals surface area contributed by atoms with Crippen molar-refractivity contribution < 1.29 is 58.2 Å². The Hall–Kier alpha value is -4.26. The number of methoxy groups -OCH3 is 2. The van der Waals surface area contributed by atoms with Crippen LogP contribution in [-0.2, 0) is 42.9 Å². The van der Waals surface area contributed by atoms with Gasteiger partial charge in [-0.2, -0.15) is 0 Å². The lowest BCUT2D eigenvalue weighted by Crippen LogP contribution is -2.61. The first-order valence-corrected chi connectivity index (χ1v) is 25.1. The number of esters is 1. The van der Waals surface area contributed by atoms with Crippen molar-refractivity contribution in [3.8, 4) is 0 Å². The van der Waals surface area contributed by atoms with E-state index in [-0.39, 0.29) is 67.3 Å². The highest BCUT2D eigenvalue weighted by Gasteiger charge is 2.53. The molecule has 2 saturated heterocycles. The van der Waals surface area contributed by atoms with Crippen LogP contribution in [0.4, 0.5) is 0 Å². The molecule has 2 bridgehead atoms. The number of tetrazole rings is 1. The number of amides is 1. The molecule has 1 aromatic rings. The molecule has 17 heteroatoms. The summed E-state index contributed by atoms with van der Waals surface area (Å²) in [7, 11) is 2.95. The molecule has 3 fully saturated rings. The summed E-state index contributed by atoms with van der Waals surface area (Å²) in [6.45, 7) is 12.7. The Morgan fingerprint density at radius 3 is 2.35 bits per heavy atom. The Kier molecular flexibility index (Phi) is 20.8. The second kappa shape index (κ2) is 25.7. The first kappa shape index (κ1) is 55.7. The van der Waals surface area contributed by atoms with E-state index in [4.69, 9.17) is 18.9 Å². The minimum atomic E-state index is -2.44. The predicted molar refractivity (Wildman–Crippen MR) is 256 cm³/mol. The normalized spacial score (nSPS) is 38.8. The summed E-state index contributed by atoms with van der Waals surface area (Å²) in [6, 6.07) is -1.24. The number of aliphatic hydroxyl groups excluding tert-OH is 2. The monoisotopic (exact) mass is 966 g/mol. The van der Waals surface area contributed by atoms with Crippen molar-refractivity contribution in [2.45, 2.75) is 174 Å². The molecule has 3 aliphatic heterocycles. The summed E-state index contributed by atoms with van der Waals surface area (Å²) in [4.78, 5) is 72.2.